The van der Waals surface area contributed by atoms with Gasteiger partial charge in [0.1, 0.15) is 6.61 Å². The van der Waals surface area contributed by atoms with Crippen molar-refractivity contribution in [2.45, 2.75) is 33.1 Å². The normalized spacial score (nSPS) is 12.1. The van der Waals surface area contributed by atoms with Crippen LogP contribution in [-0.2, 0) is 17.8 Å². The highest BCUT2D eigenvalue weighted by molar-refractivity contribution is 5.08. The molecule has 104 valence electrons. The first-order chi connectivity index (χ1) is 8.42. The van der Waals surface area contributed by atoms with Crippen LogP contribution in [0.15, 0.2) is 6.07 Å². The molecule has 1 N–H and O–H groups in total. The van der Waals surface area contributed by atoms with Crippen LogP contribution in [-0.4, -0.2) is 35.7 Å². The van der Waals surface area contributed by atoms with E-state index in [0.717, 1.165) is 17.9 Å². The molecule has 0 fully saturated rings. The van der Waals surface area contributed by atoms with Gasteiger partial charge in [-0.1, -0.05) is 0 Å². The number of hydrogen-bond acceptors (Lipinski definition) is 3. The summed E-state index contributed by atoms with van der Waals surface area (Å²) >= 11 is 0. The average molecular weight is 265 g/mol. The molecule has 0 spiro atoms. The molecule has 0 amide bonds. The first kappa shape index (κ1) is 15.0. The van der Waals surface area contributed by atoms with Crippen molar-refractivity contribution in [3.63, 3.8) is 0 Å². The smallest absolute Gasteiger partial charge is 0.371 e. The Morgan fingerprint density at radius 1 is 1.44 bits per heavy atom. The third-order valence-corrected chi connectivity index (χ3v) is 2.28. The number of ether oxygens (including phenoxy) is 1. The third kappa shape index (κ3) is 5.50. The maximum Gasteiger partial charge on any atom is 0.411 e. The molecule has 0 saturated carbocycles. The van der Waals surface area contributed by atoms with E-state index in [1.807, 2.05) is 24.6 Å². The number of nitrogens with one attached hydrogen (secondary N) is 1. The summed E-state index contributed by atoms with van der Waals surface area (Å²) < 4.78 is 41.7. The maximum absolute atomic E-state index is 11.8. The monoisotopic (exact) mass is 265 g/mol. The van der Waals surface area contributed by atoms with Crippen LogP contribution in [0.1, 0.15) is 18.3 Å². The van der Waals surface area contributed by atoms with Crippen LogP contribution in [0.2, 0.25) is 0 Å². The molecule has 1 aromatic rings. The topological polar surface area (TPSA) is 39.1 Å². The molecular weight excluding hydrogens is 247 g/mol. The Kier molecular flexibility index (Phi) is 5.61. The Hall–Kier alpha value is -1.08. The zero-order valence-electron chi connectivity index (χ0n) is 10.5. The molecule has 0 radical (unpaired) electrons. The lowest BCUT2D eigenvalue weighted by Gasteiger charge is -2.09. The molecule has 0 aliphatic heterocycles. The van der Waals surface area contributed by atoms with Crippen LogP contribution < -0.4 is 5.32 Å². The van der Waals surface area contributed by atoms with E-state index in [1.54, 1.807) is 0 Å². The molecule has 0 aliphatic carbocycles. The fourth-order valence-electron chi connectivity index (χ4n) is 1.56. The van der Waals surface area contributed by atoms with E-state index < -0.39 is 12.8 Å². The molecule has 7 heteroatoms. The van der Waals surface area contributed by atoms with Crippen LogP contribution in [0.25, 0.3) is 0 Å². The van der Waals surface area contributed by atoms with Crippen molar-refractivity contribution in [3.8, 4) is 0 Å². The van der Waals surface area contributed by atoms with Crippen molar-refractivity contribution in [2.75, 3.05) is 19.8 Å². The van der Waals surface area contributed by atoms with Gasteiger partial charge in [-0.15, -0.1) is 0 Å². The van der Waals surface area contributed by atoms with Crippen molar-refractivity contribution in [1.82, 2.24) is 15.1 Å². The van der Waals surface area contributed by atoms with Gasteiger partial charge in [0.05, 0.1) is 18.0 Å². The second kappa shape index (κ2) is 6.75. The zero-order valence-corrected chi connectivity index (χ0v) is 10.5. The molecule has 4 nitrogen and oxygen atoms in total. The Balaban J connectivity index is 2.18. The van der Waals surface area contributed by atoms with E-state index in [0.29, 0.717) is 13.1 Å². The lowest BCUT2D eigenvalue weighted by molar-refractivity contribution is -0.173. The van der Waals surface area contributed by atoms with Gasteiger partial charge in [-0.2, -0.15) is 18.3 Å². The number of aryl methyl sites for hydroxylation is 2. The molecule has 1 rings (SSSR count). The average Bonchev–Trinajstić information content (AvgIpc) is 2.62. The Labute approximate surface area is 104 Å². The SMILES string of the molecule is CCn1nc(C)cc1CNCCOCC(F)(F)F. The number of halogens is 3. The van der Waals surface area contributed by atoms with Gasteiger partial charge in [0.2, 0.25) is 0 Å². The van der Waals surface area contributed by atoms with Crippen molar-refractivity contribution in [3.05, 3.63) is 17.5 Å². The zero-order chi connectivity index (χ0) is 13.6. The second-order valence-corrected chi connectivity index (χ2v) is 3.94. The van der Waals surface area contributed by atoms with Crippen LogP contribution in [0.4, 0.5) is 13.2 Å². The lowest BCUT2D eigenvalue weighted by atomic mass is 10.3. The summed E-state index contributed by atoms with van der Waals surface area (Å²) in [6, 6.07) is 1.95. The maximum atomic E-state index is 11.8. The van der Waals surface area contributed by atoms with Gasteiger partial charge >= 0.3 is 6.18 Å². The molecule has 1 aromatic heterocycles. The molecule has 0 saturated heterocycles. The first-order valence-corrected chi connectivity index (χ1v) is 5.81. The Bertz CT molecular complexity index is 363. The fraction of sp³-hybridized carbons (Fsp3) is 0.727. The standard InChI is InChI=1S/C11H18F3N3O/c1-3-17-10(6-9(2)16-17)7-15-4-5-18-8-11(12,13)14/h6,15H,3-5,7-8H2,1-2H3. The molecule has 1 heterocycles. The van der Waals surface area contributed by atoms with Gasteiger partial charge in [0.15, 0.2) is 0 Å². The van der Waals surface area contributed by atoms with Crippen molar-refractivity contribution in [2.24, 2.45) is 0 Å². The minimum atomic E-state index is -4.25. The summed E-state index contributed by atoms with van der Waals surface area (Å²) in [5, 5.41) is 7.30. The van der Waals surface area contributed by atoms with Gasteiger partial charge < -0.3 is 10.1 Å². The number of rotatable bonds is 7. The van der Waals surface area contributed by atoms with E-state index in [2.05, 4.69) is 15.2 Å². The summed E-state index contributed by atoms with van der Waals surface area (Å²) in [4.78, 5) is 0. The van der Waals surface area contributed by atoms with Crippen LogP contribution in [0, 0.1) is 6.92 Å². The van der Waals surface area contributed by atoms with E-state index >= 15 is 0 Å². The Morgan fingerprint density at radius 3 is 2.78 bits per heavy atom. The van der Waals surface area contributed by atoms with Crippen LogP contribution in [0.5, 0.6) is 0 Å². The van der Waals surface area contributed by atoms with Crippen LogP contribution in [0.3, 0.4) is 0 Å². The highest BCUT2D eigenvalue weighted by atomic mass is 19.4. The molecule has 18 heavy (non-hydrogen) atoms. The van der Waals surface area contributed by atoms with E-state index in [4.69, 9.17) is 0 Å². The van der Waals surface area contributed by atoms with Gasteiger partial charge in [0.25, 0.3) is 0 Å². The predicted octanol–water partition coefficient (Wildman–Crippen LogP) is 1.88. The Morgan fingerprint density at radius 2 is 2.17 bits per heavy atom. The largest absolute Gasteiger partial charge is 0.411 e. The molecule has 0 bridgehead atoms. The van der Waals surface area contributed by atoms with Gasteiger partial charge in [-0.25, -0.2) is 0 Å². The van der Waals surface area contributed by atoms with Gasteiger partial charge in [-0.3, -0.25) is 4.68 Å². The minimum Gasteiger partial charge on any atom is -0.371 e. The fourth-order valence-corrected chi connectivity index (χ4v) is 1.56. The highest BCUT2D eigenvalue weighted by Crippen LogP contribution is 2.13. The number of nitrogens with zero attached hydrogens (tertiary/aromatic N) is 2. The van der Waals surface area contributed by atoms with Gasteiger partial charge in [-0.05, 0) is 19.9 Å². The molecule has 0 atom stereocenters. The van der Waals surface area contributed by atoms with E-state index in [9.17, 15) is 13.2 Å². The number of hydrogen-bond donors (Lipinski definition) is 1. The van der Waals surface area contributed by atoms with Crippen molar-refractivity contribution < 1.29 is 17.9 Å². The minimum absolute atomic E-state index is 0.0404. The highest BCUT2D eigenvalue weighted by Gasteiger charge is 2.27. The molecule has 0 aliphatic rings. The van der Waals surface area contributed by atoms with Gasteiger partial charge in [0, 0.05) is 19.6 Å². The molecule has 0 aromatic carbocycles. The molecule has 0 unspecified atom stereocenters. The van der Waals surface area contributed by atoms with E-state index in [1.165, 1.54) is 0 Å². The molecular formula is C11H18F3N3O. The second-order valence-electron chi connectivity index (χ2n) is 3.94. The number of aromatic nitrogens is 2. The summed E-state index contributed by atoms with van der Waals surface area (Å²) in [6.07, 6.45) is -4.25. The summed E-state index contributed by atoms with van der Waals surface area (Å²) in [5.41, 5.74) is 1.95. The first-order valence-electron chi connectivity index (χ1n) is 5.81. The van der Waals surface area contributed by atoms with Crippen LogP contribution >= 0.6 is 0 Å². The van der Waals surface area contributed by atoms with Crippen molar-refractivity contribution >= 4 is 0 Å². The summed E-state index contributed by atoms with van der Waals surface area (Å²) in [6.45, 7) is 4.47. The number of alkyl halides is 3. The lowest BCUT2D eigenvalue weighted by Crippen LogP contribution is -2.24. The quantitative estimate of drug-likeness (QED) is 0.765. The van der Waals surface area contributed by atoms with E-state index in [-0.39, 0.29) is 6.61 Å². The predicted molar refractivity (Wildman–Crippen MR) is 61.2 cm³/mol. The summed E-state index contributed by atoms with van der Waals surface area (Å²) in [5.74, 6) is 0. The van der Waals surface area contributed by atoms with Crippen molar-refractivity contribution in [1.29, 1.82) is 0 Å². The summed E-state index contributed by atoms with van der Waals surface area (Å²) in [7, 11) is 0. The third-order valence-electron chi connectivity index (χ3n) is 2.28.